The normalized spacial score (nSPS) is 21.1. The molecule has 0 spiro atoms. The Labute approximate surface area is 126 Å². The monoisotopic (exact) mass is 282 g/mol. The summed E-state index contributed by atoms with van der Waals surface area (Å²) in [5, 5.41) is 10.5. The Kier molecular flexibility index (Phi) is 3.98. The average Bonchev–Trinajstić information content (AvgIpc) is 2.51. The van der Waals surface area contributed by atoms with Gasteiger partial charge in [0, 0.05) is 0 Å². The predicted molar refractivity (Wildman–Crippen MR) is 84.7 cm³/mol. The molecule has 0 saturated heterocycles. The molecule has 21 heavy (non-hydrogen) atoms. The minimum atomic E-state index is -0.542. The van der Waals surface area contributed by atoms with E-state index >= 15 is 0 Å². The fourth-order valence-electron chi connectivity index (χ4n) is 2.94. The van der Waals surface area contributed by atoms with Gasteiger partial charge in [-0.3, -0.25) is 0 Å². The summed E-state index contributed by atoms with van der Waals surface area (Å²) >= 11 is 0. The van der Waals surface area contributed by atoms with E-state index < -0.39 is 6.10 Å². The zero-order valence-corrected chi connectivity index (χ0v) is 12.6. The van der Waals surface area contributed by atoms with Gasteiger partial charge in [-0.25, -0.2) is 0 Å². The maximum absolute atomic E-state index is 10.5. The number of hydrogen-bond donors (Lipinski definition) is 1. The van der Waals surface area contributed by atoms with Crippen molar-refractivity contribution in [1.82, 2.24) is 0 Å². The number of rotatable bonds is 3. The third kappa shape index (κ3) is 2.96. The van der Waals surface area contributed by atoms with Gasteiger partial charge < -0.3 is 9.84 Å². The number of aliphatic hydroxyl groups is 1. The van der Waals surface area contributed by atoms with Crippen molar-refractivity contribution in [2.75, 3.05) is 0 Å². The van der Waals surface area contributed by atoms with Gasteiger partial charge in [-0.15, -0.1) is 0 Å². The van der Waals surface area contributed by atoms with E-state index in [1.807, 2.05) is 30.3 Å². The zero-order chi connectivity index (χ0) is 14.8. The summed E-state index contributed by atoms with van der Waals surface area (Å²) in [6.45, 7) is 4.36. The van der Waals surface area contributed by atoms with Crippen LogP contribution in [0.25, 0.3) is 0 Å². The van der Waals surface area contributed by atoms with Crippen molar-refractivity contribution in [3.63, 3.8) is 0 Å². The van der Waals surface area contributed by atoms with Crippen molar-refractivity contribution in [3.05, 3.63) is 65.2 Å². The van der Waals surface area contributed by atoms with Crippen molar-refractivity contribution in [1.29, 1.82) is 0 Å². The second-order valence-corrected chi connectivity index (χ2v) is 6.06. The van der Waals surface area contributed by atoms with Crippen molar-refractivity contribution in [3.8, 4) is 5.75 Å². The van der Waals surface area contributed by atoms with Gasteiger partial charge in [0.1, 0.15) is 18.0 Å². The van der Waals surface area contributed by atoms with E-state index in [4.69, 9.17) is 4.74 Å². The third-order valence-corrected chi connectivity index (χ3v) is 4.26. The van der Waals surface area contributed by atoms with Gasteiger partial charge in [-0.2, -0.15) is 0 Å². The first-order chi connectivity index (χ1) is 10.1. The molecule has 0 aliphatic heterocycles. The highest BCUT2D eigenvalue weighted by Crippen LogP contribution is 2.32. The van der Waals surface area contributed by atoms with Crippen molar-refractivity contribution >= 4 is 0 Å². The molecule has 0 saturated carbocycles. The Morgan fingerprint density at radius 2 is 1.76 bits per heavy atom. The van der Waals surface area contributed by atoms with Crippen molar-refractivity contribution in [2.45, 2.75) is 44.8 Å². The van der Waals surface area contributed by atoms with E-state index in [1.54, 1.807) is 0 Å². The van der Waals surface area contributed by atoms with Crippen LogP contribution < -0.4 is 4.74 Å². The van der Waals surface area contributed by atoms with Crippen LogP contribution in [0.5, 0.6) is 5.75 Å². The first-order valence-corrected chi connectivity index (χ1v) is 7.67. The number of ether oxygens (including phenoxy) is 1. The smallest absolute Gasteiger partial charge is 0.129 e. The highest BCUT2D eigenvalue weighted by molar-refractivity contribution is 5.34. The lowest BCUT2D eigenvalue weighted by molar-refractivity contribution is 0.0230. The van der Waals surface area contributed by atoms with Gasteiger partial charge in [-0.05, 0) is 47.6 Å². The maximum atomic E-state index is 10.5. The van der Waals surface area contributed by atoms with Gasteiger partial charge >= 0.3 is 0 Å². The molecular weight excluding hydrogens is 260 g/mol. The maximum Gasteiger partial charge on any atom is 0.129 e. The number of fused-ring (bicyclic) bond motifs is 1. The zero-order valence-electron chi connectivity index (χ0n) is 12.6. The molecule has 0 heterocycles. The molecule has 0 radical (unpaired) electrons. The first-order valence-electron chi connectivity index (χ1n) is 7.67. The minimum absolute atomic E-state index is 0.162. The number of benzene rings is 2. The molecule has 1 aliphatic rings. The van der Waals surface area contributed by atoms with Crippen LogP contribution in [-0.2, 0) is 6.42 Å². The van der Waals surface area contributed by atoms with E-state index in [0.717, 1.165) is 24.2 Å². The van der Waals surface area contributed by atoms with Crippen LogP contribution in [0.4, 0.5) is 0 Å². The molecule has 110 valence electrons. The van der Waals surface area contributed by atoms with E-state index in [1.165, 1.54) is 11.1 Å². The molecule has 3 rings (SSSR count). The summed E-state index contributed by atoms with van der Waals surface area (Å²) in [4.78, 5) is 0. The van der Waals surface area contributed by atoms with Crippen LogP contribution in [0.2, 0.25) is 0 Å². The molecular formula is C19H22O2. The summed E-state index contributed by atoms with van der Waals surface area (Å²) in [5.41, 5.74) is 3.55. The van der Waals surface area contributed by atoms with Gasteiger partial charge in [0.15, 0.2) is 0 Å². The molecule has 0 fully saturated rings. The average molecular weight is 282 g/mol. The molecule has 1 N–H and O–H groups in total. The highest BCUT2D eigenvalue weighted by atomic mass is 16.5. The van der Waals surface area contributed by atoms with Gasteiger partial charge in [0.05, 0.1) is 0 Å². The molecule has 1 aliphatic carbocycles. The Hall–Kier alpha value is -1.80. The standard InChI is InChI=1S/C19H22O2/c1-13(2)14-7-10-16(11-8-14)21-18-12-9-15-5-3-4-6-17(15)19(18)20/h3-8,10-11,13,18-20H,9,12H2,1-2H3. The van der Waals surface area contributed by atoms with E-state index in [2.05, 4.69) is 32.0 Å². The Balaban J connectivity index is 1.74. The van der Waals surface area contributed by atoms with Crippen LogP contribution in [0.3, 0.4) is 0 Å². The molecule has 2 nitrogen and oxygen atoms in total. The van der Waals surface area contributed by atoms with Crippen LogP contribution in [0, 0.1) is 0 Å². The molecule has 0 amide bonds. The number of hydrogen-bond acceptors (Lipinski definition) is 2. The lowest BCUT2D eigenvalue weighted by atomic mass is 9.87. The van der Waals surface area contributed by atoms with Crippen LogP contribution in [0.15, 0.2) is 48.5 Å². The van der Waals surface area contributed by atoms with Crippen molar-refractivity contribution in [2.24, 2.45) is 0 Å². The molecule has 0 aromatic heterocycles. The topological polar surface area (TPSA) is 29.5 Å². The third-order valence-electron chi connectivity index (χ3n) is 4.26. The second-order valence-electron chi connectivity index (χ2n) is 6.06. The van der Waals surface area contributed by atoms with Crippen LogP contribution in [-0.4, -0.2) is 11.2 Å². The first kappa shape index (κ1) is 14.2. The lowest BCUT2D eigenvalue weighted by Gasteiger charge is -2.30. The molecule has 2 heteroatoms. The van der Waals surface area contributed by atoms with Crippen LogP contribution in [0.1, 0.15) is 49.0 Å². The predicted octanol–water partition coefficient (Wildman–Crippen LogP) is 4.24. The minimum Gasteiger partial charge on any atom is -0.487 e. The largest absolute Gasteiger partial charge is 0.487 e. The fraction of sp³-hybridized carbons (Fsp3) is 0.368. The molecule has 2 aromatic carbocycles. The summed E-state index contributed by atoms with van der Waals surface area (Å²) < 4.78 is 6.01. The molecule has 2 unspecified atom stereocenters. The highest BCUT2D eigenvalue weighted by Gasteiger charge is 2.29. The Morgan fingerprint density at radius 3 is 2.48 bits per heavy atom. The summed E-state index contributed by atoms with van der Waals surface area (Å²) in [7, 11) is 0. The van der Waals surface area contributed by atoms with E-state index in [-0.39, 0.29) is 6.10 Å². The summed E-state index contributed by atoms with van der Waals surface area (Å²) in [5.74, 6) is 1.36. The summed E-state index contributed by atoms with van der Waals surface area (Å²) in [6, 6.07) is 16.3. The van der Waals surface area contributed by atoms with Crippen molar-refractivity contribution < 1.29 is 9.84 Å². The number of aryl methyl sites for hydroxylation is 1. The summed E-state index contributed by atoms with van der Waals surface area (Å²) in [6.07, 6.45) is 1.11. The molecule has 2 aromatic rings. The Morgan fingerprint density at radius 1 is 1.05 bits per heavy atom. The van der Waals surface area contributed by atoms with Gasteiger partial charge in [0.25, 0.3) is 0 Å². The number of aliphatic hydroxyl groups excluding tert-OH is 1. The van der Waals surface area contributed by atoms with Gasteiger partial charge in [0.2, 0.25) is 0 Å². The lowest BCUT2D eigenvalue weighted by Crippen LogP contribution is -2.30. The second kappa shape index (κ2) is 5.90. The quantitative estimate of drug-likeness (QED) is 0.912. The van der Waals surface area contributed by atoms with Gasteiger partial charge in [-0.1, -0.05) is 50.2 Å². The molecule has 2 atom stereocenters. The van der Waals surface area contributed by atoms with Crippen LogP contribution >= 0.6 is 0 Å². The van der Waals surface area contributed by atoms with E-state index in [0.29, 0.717) is 5.92 Å². The Bertz CT molecular complexity index is 601. The van der Waals surface area contributed by atoms with E-state index in [9.17, 15) is 5.11 Å². The molecule has 0 bridgehead atoms. The fourth-order valence-corrected chi connectivity index (χ4v) is 2.94. The SMILES string of the molecule is CC(C)c1ccc(OC2CCc3ccccc3C2O)cc1.